The Bertz CT molecular complexity index is 1080. The summed E-state index contributed by atoms with van der Waals surface area (Å²) in [6.07, 6.45) is 1.24. The Morgan fingerprint density at radius 1 is 1.09 bits per heavy atom. The van der Waals surface area contributed by atoms with Crippen molar-refractivity contribution in [2.24, 2.45) is 11.1 Å². The van der Waals surface area contributed by atoms with E-state index in [0.717, 1.165) is 22.6 Å². The Balaban J connectivity index is 1.59. The van der Waals surface area contributed by atoms with Crippen molar-refractivity contribution in [3.05, 3.63) is 71.6 Å². The molecule has 1 aromatic heterocycles. The van der Waals surface area contributed by atoms with E-state index in [-0.39, 0.29) is 11.7 Å². The lowest BCUT2D eigenvalue weighted by Crippen LogP contribution is -2.25. The Morgan fingerprint density at radius 2 is 1.81 bits per heavy atom. The van der Waals surface area contributed by atoms with Gasteiger partial charge in [-0.05, 0) is 62.4 Å². The van der Waals surface area contributed by atoms with E-state index >= 15 is 0 Å². The maximum Gasteiger partial charge on any atom is 0.226 e. The third-order valence-electron chi connectivity index (χ3n) is 5.08. The highest BCUT2D eigenvalue weighted by atomic mass is 32.2. The second-order valence-corrected chi connectivity index (χ2v) is 9.36. The van der Waals surface area contributed by atoms with Crippen molar-refractivity contribution in [2.75, 3.05) is 19.0 Å². The topological polar surface area (TPSA) is 105 Å². The molecule has 0 aliphatic heterocycles. The van der Waals surface area contributed by atoms with Crippen LogP contribution in [0.3, 0.4) is 0 Å². The Kier molecular flexibility index (Phi) is 8.44. The molecule has 1 heterocycles. The number of benzene rings is 2. The molecule has 0 aliphatic rings. The molecule has 3 rings (SSSR count). The number of primary sulfonamides is 1. The van der Waals surface area contributed by atoms with Crippen molar-refractivity contribution >= 4 is 10.0 Å². The summed E-state index contributed by atoms with van der Waals surface area (Å²) in [6, 6.07) is 17.4. The second kappa shape index (κ2) is 11.3. The van der Waals surface area contributed by atoms with Gasteiger partial charge in [-0.1, -0.05) is 30.3 Å². The molecule has 0 unspecified atom stereocenters. The summed E-state index contributed by atoms with van der Waals surface area (Å²) in [5, 5.41) is 5.26. The first-order valence-electron chi connectivity index (χ1n) is 10.7. The molecule has 172 valence electrons. The number of aryl methyl sites for hydroxylation is 1. The smallest absolute Gasteiger partial charge is 0.226 e. The van der Waals surface area contributed by atoms with Crippen LogP contribution in [0.15, 0.2) is 59.0 Å². The fraction of sp³-hybridized carbons (Fsp3) is 0.375. The van der Waals surface area contributed by atoms with Crippen LogP contribution in [0.1, 0.15) is 30.4 Å². The molecule has 2 aromatic carbocycles. The molecule has 2 N–H and O–H groups in total. The normalized spacial score (nSPS) is 12.6. The molecule has 0 saturated carbocycles. The van der Waals surface area contributed by atoms with Crippen molar-refractivity contribution in [3.8, 4) is 17.2 Å². The third-order valence-corrected chi connectivity index (χ3v) is 6.02. The molecule has 0 bridgehead atoms. The van der Waals surface area contributed by atoms with Crippen molar-refractivity contribution in [2.45, 2.75) is 33.3 Å². The number of ether oxygens (including phenoxy) is 2. The first kappa shape index (κ1) is 24.0. The summed E-state index contributed by atoms with van der Waals surface area (Å²) >= 11 is 0. The first-order chi connectivity index (χ1) is 15.3. The first-order valence-corrected chi connectivity index (χ1v) is 12.4. The number of nitrogens with two attached hydrogens (primary N) is 1. The minimum Gasteiger partial charge on any atom is -0.487 e. The van der Waals surface area contributed by atoms with Crippen LogP contribution in [0.25, 0.3) is 11.5 Å². The highest BCUT2D eigenvalue weighted by molar-refractivity contribution is 7.89. The lowest BCUT2D eigenvalue weighted by atomic mass is 9.98. The van der Waals surface area contributed by atoms with Gasteiger partial charge < -0.3 is 13.9 Å². The second-order valence-electron chi connectivity index (χ2n) is 7.71. The van der Waals surface area contributed by atoms with Crippen molar-refractivity contribution < 1.29 is 22.3 Å². The lowest BCUT2D eigenvalue weighted by Gasteiger charge is -2.16. The van der Waals surface area contributed by atoms with E-state index in [1.165, 1.54) is 0 Å². The largest absolute Gasteiger partial charge is 0.487 e. The number of oxazole rings is 1. The van der Waals surface area contributed by atoms with Crippen LogP contribution in [0.2, 0.25) is 0 Å². The summed E-state index contributed by atoms with van der Waals surface area (Å²) < 4.78 is 40.2. The van der Waals surface area contributed by atoms with Gasteiger partial charge in [-0.25, -0.2) is 18.5 Å². The predicted molar refractivity (Wildman–Crippen MR) is 124 cm³/mol. The van der Waals surface area contributed by atoms with Gasteiger partial charge in [0.2, 0.25) is 15.9 Å². The number of hydrogen-bond acceptors (Lipinski definition) is 6. The maximum atomic E-state index is 11.6. The number of rotatable bonds is 12. The molecular formula is C24H30N2O5S. The van der Waals surface area contributed by atoms with E-state index in [1.807, 2.05) is 68.4 Å². The number of nitrogens with zero attached hydrogens (tertiary/aromatic N) is 1. The van der Waals surface area contributed by atoms with Crippen LogP contribution >= 0.6 is 0 Å². The van der Waals surface area contributed by atoms with E-state index in [1.54, 1.807) is 0 Å². The van der Waals surface area contributed by atoms with E-state index in [2.05, 4.69) is 4.98 Å². The minimum absolute atomic E-state index is 0.0620. The average Bonchev–Trinajstić information content (AvgIpc) is 3.13. The quantitative estimate of drug-likeness (QED) is 0.410. The zero-order valence-corrected chi connectivity index (χ0v) is 19.3. The summed E-state index contributed by atoms with van der Waals surface area (Å²) in [5.41, 5.74) is 2.69. The molecule has 0 aliphatic carbocycles. The SMILES string of the molecule is CCOCC[C@H](Cc1ccc(OCc2nc(-c3ccccc3)oc2C)cc1)CS(N)(=O)=O. The molecule has 0 spiro atoms. The zero-order chi connectivity index (χ0) is 23.0. The molecule has 32 heavy (non-hydrogen) atoms. The van der Waals surface area contributed by atoms with Gasteiger partial charge in [-0.2, -0.15) is 0 Å². The molecule has 0 saturated heterocycles. The minimum atomic E-state index is -3.55. The van der Waals surface area contributed by atoms with Crippen molar-refractivity contribution in [1.29, 1.82) is 0 Å². The van der Waals surface area contributed by atoms with E-state index < -0.39 is 10.0 Å². The van der Waals surface area contributed by atoms with Crippen LogP contribution in [0.5, 0.6) is 5.75 Å². The van der Waals surface area contributed by atoms with Gasteiger partial charge in [0.25, 0.3) is 0 Å². The van der Waals surface area contributed by atoms with Gasteiger partial charge in [0.15, 0.2) is 0 Å². The van der Waals surface area contributed by atoms with Gasteiger partial charge >= 0.3 is 0 Å². The standard InChI is InChI=1S/C24H30N2O5S/c1-3-29-14-13-20(17-32(25,27)28)15-19-9-11-22(12-10-19)30-16-23-18(2)31-24(26-23)21-7-5-4-6-8-21/h4-12,20H,3,13-17H2,1-2H3,(H2,25,27,28)/t20-/m1/s1. The van der Waals surface area contributed by atoms with Gasteiger partial charge in [-0.15, -0.1) is 0 Å². The molecule has 8 heteroatoms. The van der Waals surface area contributed by atoms with Gasteiger partial charge in [-0.3, -0.25) is 0 Å². The van der Waals surface area contributed by atoms with Crippen LogP contribution in [0.4, 0.5) is 0 Å². The Morgan fingerprint density at radius 3 is 2.47 bits per heavy atom. The van der Waals surface area contributed by atoms with E-state index in [4.69, 9.17) is 19.0 Å². The summed E-state index contributed by atoms with van der Waals surface area (Å²) in [7, 11) is -3.55. The van der Waals surface area contributed by atoms with Gasteiger partial charge in [0, 0.05) is 18.8 Å². The van der Waals surface area contributed by atoms with E-state index in [9.17, 15) is 8.42 Å². The van der Waals surface area contributed by atoms with Crippen molar-refractivity contribution in [3.63, 3.8) is 0 Å². The third kappa shape index (κ3) is 7.47. The maximum absolute atomic E-state index is 11.6. The van der Waals surface area contributed by atoms with Gasteiger partial charge in [0.1, 0.15) is 23.8 Å². The van der Waals surface area contributed by atoms with Crippen LogP contribution in [-0.4, -0.2) is 32.4 Å². The predicted octanol–water partition coefficient (Wildman–Crippen LogP) is 4.10. The average molecular weight is 459 g/mol. The fourth-order valence-electron chi connectivity index (χ4n) is 3.44. The summed E-state index contributed by atoms with van der Waals surface area (Å²) in [4.78, 5) is 4.55. The summed E-state index contributed by atoms with van der Waals surface area (Å²) in [5.74, 6) is 1.84. The van der Waals surface area contributed by atoms with Gasteiger partial charge in [0.05, 0.1) is 5.75 Å². The highest BCUT2D eigenvalue weighted by Gasteiger charge is 2.17. The molecule has 1 atom stereocenters. The van der Waals surface area contributed by atoms with Crippen LogP contribution in [-0.2, 0) is 27.8 Å². The summed E-state index contributed by atoms with van der Waals surface area (Å²) in [6.45, 7) is 5.20. The number of sulfonamides is 1. The van der Waals surface area contributed by atoms with Crippen LogP contribution < -0.4 is 9.88 Å². The molecule has 0 fully saturated rings. The fourth-order valence-corrected chi connectivity index (χ4v) is 4.38. The molecule has 0 radical (unpaired) electrons. The monoisotopic (exact) mass is 458 g/mol. The molecule has 3 aromatic rings. The number of aromatic nitrogens is 1. The highest BCUT2D eigenvalue weighted by Crippen LogP contribution is 2.23. The Hall–Kier alpha value is -2.68. The van der Waals surface area contributed by atoms with E-state index in [0.29, 0.717) is 44.3 Å². The zero-order valence-electron chi connectivity index (χ0n) is 18.5. The number of hydrogen-bond donors (Lipinski definition) is 1. The van der Waals surface area contributed by atoms with Crippen molar-refractivity contribution in [1.82, 2.24) is 4.98 Å². The van der Waals surface area contributed by atoms with Crippen LogP contribution in [0, 0.1) is 12.8 Å². The lowest BCUT2D eigenvalue weighted by molar-refractivity contribution is 0.134. The Labute approximate surface area is 189 Å². The molecule has 0 amide bonds. The molecule has 7 nitrogen and oxygen atoms in total. The molecular weight excluding hydrogens is 428 g/mol.